The van der Waals surface area contributed by atoms with Gasteiger partial charge in [-0.25, -0.2) is 9.97 Å². The van der Waals surface area contributed by atoms with Crippen LogP contribution in [0.25, 0.3) is 0 Å². The van der Waals surface area contributed by atoms with E-state index in [1.807, 2.05) is 19.1 Å². The van der Waals surface area contributed by atoms with Gasteiger partial charge in [-0.2, -0.15) is 13.2 Å². The first-order chi connectivity index (χ1) is 14.2. The largest absolute Gasteiger partial charge is 0.417 e. The molecule has 156 valence electrons. The molecule has 0 unspecified atom stereocenters. The lowest BCUT2D eigenvalue weighted by Crippen LogP contribution is -2.08. The maximum absolute atomic E-state index is 13.1. The number of hydrogen-bond donors (Lipinski definition) is 2. The fourth-order valence-corrected chi connectivity index (χ4v) is 2.99. The van der Waals surface area contributed by atoms with Gasteiger partial charge in [0.05, 0.1) is 15.5 Å². The third kappa shape index (κ3) is 4.60. The molecule has 0 spiro atoms. The lowest BCUT2D eigenvalue weighted by Gasteiger charge is -2.14. The topological polar surface area (TPSA) is 93.0 Å². The van der Waals surface area contributed by atoms with Crippen LogP contribution in [0, 0.1) is 10.1 Å². The minimum atomic E-state index is -4.68. The van der Waals surface area contributed by atoms with Gasteiger partial charge in [0.2, 0.25) is 11.6 Å². The van der Waals surface area contributed by atoms with Crippen molar-refractivity contribution in [3.8, 4) is 0 Å². The lowest BCUT2D eigenvalue weighted by molar-refractivity contribution is -0.383. The van der Waals surface area contributed by atoms with E-state index in [0.717, 1.165) is 24.0 Å². The molecule has 0 bridgehead atoms. The molecule has 1 aromatic heterocycles. The van der Waals surface area contributed by atoms with Crippen LogP contribution in [0.5, 0.6) is 0 Å². The number of para-hydroxylation sites is 1. The number of nitrogens with zero attached hydrogens (tertiary/aromatic N) is 3. The maximum atomic E-state index is 13.1. The van der Waals surface area contributed by atoms with Gasteiger partial charge in [-0.3, -0.25) is 10.1 Å². The summed E-state index contributed by atoms with van der Waals surface area (Å²) in [6, 6.07) is 10.3. The minimum absolute atomic E-state index is 0.0616. The molecule has 0 amide bonds. The predicted octanol–water partition coefficient (Wildman–Crippen LogP) is 6.11. The third-order valence-corrected chi connectivity index (χ3v) is 4.52. The molecule has 2 N–H and O–H groups in total. The van der Waals surface area contributed by atoms with E-state index in [0.29, 0.717) is 12.1 Å². The number of nitro groups is 1. The fourth-order valence-electron chi connectivity index (χ4n) is 2.77. The second-order valence-electron chi connectivity index (χ2n) is 6.13. The fraction of sp³-hybridized carbons (Fsp3) is 0.158. The molecule has 30 heavy (non-hydrogen) atoms. The Bertz CT molecular complexity index is 1090. The monoisotopic (exact) mass is 437 g/mol. The van der Waals surface area contributed by atoms with Crippen LogP contribution in [-0.2, 0) is 12.6 Å². The standard InChI is InChI=1S/C19H15ClF3N5O2/c1-2-11-5-3-4-6-15(11)27-18-16(28(29)30)17(24-10-25-18)26-12-7-8-14(20)13(9-12)19(21,22)23/h3-10H,2H2,1H3,(H2,24,25,26,27). The normalized spacial score (nSPS) is 11.2. The summed E-state index contributed by atoms with van der Waals surface area (Å²) in [5, 5.41) is 16.7. The van der Waals surface area contributed by atoms with Crippen LogP contribution in [0.3, 0.4) is 0 Å². The van der Waals surface area contributed by atoms with Crippen LogP contribution in [0.2, 0.25) is 5.02 Å². The summed E-state index contributed by atoms with van der Waals surface area (Å²) >= 11 is 5.62. The van der Waals surface area contributed by atoms with E-state index in [-0.39, 0.29) is 17.3 Å². The van der Waals surface area contributed by atoms with Crippen molar-refractivity contribution in [2.45, 2.75) is 19.5 Å². The molecule has 3 aromatic rings. The van der Waals surface area contributed by atoms with E-state index < -0.39 is 27.4 Å². The van der Waals surface area contributed by atoms with E-state index in [4.69, 9.17) is 11.6 Å². The predicted molar refractivity (Wildman–Crippen MR) is 108 cm³/mol. The highest BCUT2D eigenvalue weighted by Crippen LogP contribution is 2.38. The Morgan fingerprint density at radius 2 is 1.77 bits per heavy atom. The van der Waals surface area contributed by atoms with Crippen LogP contribution in [0.1, 0.15) is 18.1 Å². The average molecular weight is 438 g/mol. The highest BCUT2D eigenvalue weighted by atomic mass is 35.5. The summed E-state index contributed by atoms with van der Waals surface area (Å²) in [6.07, 6.45) is -2.92. The van der Waals surface area contributed by atoms with Gasteiger partial charge < -0.3 is 10.6 Å². The summed E-state index contributed by atoms with van der Waals surface area (Å²) in [5.74, 6) is -0.356. The summed E-state index contributed by atoms with van der Waals surface area (Å²) in [7, 11) is 0. The molecule has 7 nitrogen and oxygen atoms in total. The molecule has 2 aromatic carbocycles. The number of benzene rings is 2. The first-order valence-corrected chi connectivity index (χ1v) is 9.06. The van der Waals surface area contributed by atoms with Gasteiger partial charge in [0.25, 0.3) is 0 Å². The highest BCUT2D eigenvalue weighted by molar-refractivity contribution is 6.31. The number of anilines is 4. The second-order valence-corrected chi connectivity index (χ2v) is 6.54. The summed E-state index contributed by atoms with van der Waals surface area (Å²) in [4.78, 5) is 18.8. The van der Waals surface area contributed by atoms with Gasteiger partial charge in [-0.05, 0) is 36.2 Å². The van der Waals surface area contributed by atoms with Crippen LogP contribution in [0.15, 0.2) is 48.8 Å². The van der Waals surface area contributed by atoms with E-state index in [2.05, 4.69) is 20.6 Å². The SMILES string of the molecule is CCc1ccccc1Nc1ncnc(Nc2ccc(Cl)c(C(F)(F)F)c2)c1[N+](=O)[O-]. The van der Waals surface area contributed by atoms with Gasteiger partial charge in [0.1, 0.15) is 6.33 Å². The van der Waals surface area contributed by atoms with E-state index in [1.54, 1.807) is 12.1 Å². The molecule has 0 radical (unpaired) electrons. The number of aromatic nitrogens is 2. The Hall–Kier alpha value is -3.40. The van der Waals surface area contributed by atoms with E-state index >= 15 is 0 Å². The van der Waals surface area contributed by atoms with Crippen molar-refractivity contribution < 1.29 is 18.1 Å². The Kier molecular flexibility index (Phi) is 6.06. The van der Waals surface area contributed by atoms with Crippen LogP contribution in [-0.4, -0.2) is 14.9 Å². The molecular formula is C19H15ClF3N5O2. The van der Waals surface area contributed by atoms with Crippen molar-refractivity contribution in [2.24, 2.45) is 0 Å². The molecule has 0 atom stereocenters. The van der Waals surface area contributed by atoms with Gasteiger partial charge in [-0.1, -0.05) is 36.7 Å². The van der Waals surface area contributed by atoms with Crippen LogP contribution in [0.4, 0.5) is 41.9 Å². The van der Waals surface area contributed by atoms with Crippen molar-refractivity contribution in [3.05, 3.63) is 75.1 Å². The minimum Gasteiger partial charge on any atom is -0.334 e. The molecular weight excluding hydrogens is 423 g/mol. The van der Waals surface area contributed by atoms with Gasteiger partial charge in [0, 0.05) is 11.4 Å². The second kappa shape index (κ2) is 8.54. The van der Waals surface area contributed by atoms with Gasteiger partial charge in [-0.15, -0.1) is 0 Å². The van der Waals surface area contributed by atoms with E-state index in [1.165, 1.54) is 6.07 Å². The first-order valence-electron chi connectivity index (χ1n) is 8.68. The zero-order valence-corrected chi connectivity index (χ0v) is 16.3. The molecule has 11 heteroatoms. The Morgan fingerprint density at radius 1 is 1.10 bits per heavy atom. The molecule has 0 fully saturated rings. The van der Waals surface area contributed by atoms with Crippen molar-refractivity contribution in [1.82, 2.24) is 9.97 Å². The maximum Gasteiger partial charge on any atom is 0.417 e. The smallest absolute Gasteiger partial charge is 0.334 e. The zero-order valence-electron chi connectivity index (χ0n) is 15.5. The number of aryl methyl sites for hydroxylation is 1. The molecule has 3 rings (SSSR count). The summed E-state index contributed by atoms with van der Waals surface area (Å²) in [6.45, 7) is 1.93. The summed E-state index contributed by atoms with van der Waals surface area (Å²) in [5.41, 5.74) is -0.104. The number of halogens is 4. The molecule has 0 aliphatic rings. The summed E-state index contributed by atoms with van der Waals surface area (Å²) < 4.78 is 39.3. The Morgan fingerprint density at radius 3 is 2.40 bits per heavy atom. The highest BCUT2D eigenvalue weighted by Gasteiger charge is 2.33. The quantitative estimate of drug-likeness (QED) is 0.357. The van der Waals surface area contributed by atoms with Crippen molar-refractivity contribution >= 4 is 40.3 Å². The molecule has 0 saturated carbocycles. The zero-order chi connectivity index (χ0) is 21.9. The average Bonchev–Trinajstić information content (AvgIpc) is 2.69. The Labute approximate surface area is 174 Å². The first kappa shape index (κ1) is 21.3. The molecule has 1 heterocycles. The number of rotatable bonds is 6. The van der Waals surface area contributed by atoms with Crippen molar-refractivity contribution in [2.75, 3.05) is 10.6 Å². The number of alkyl halides is 3. The van der Waals surface area contributed by atoms with Gasteiger partial charge in [0.15, 0.2) is 0 Å². The molecule has 0 aliphatic carbocycles. The molecule has 0 aliphatic heterocycles. The van der Waals surface area contributed by atoms with Crippen LogP contribution < -0.4 is 10.6 Å². The van der Waals surface area contributed by atoms with E-state index in [9.17, 15) is 23.3 Å². The lowest BCUT2D eigenvalue weighted by atomic mass is 10.1. The van der Waals surface area contributed by atoms with Crippen molar-refractivity contribution in [3.63, 3.8) is 0 Å². The number of nitrogens with one attached hydrogen (secondary N) is 2. The van der Waals surface area contributed by atoms with Gasteiger partial charge >= 0.3 is 11.9 Å². The number of hydrogen-bond acceptors (Lipinski definition) is 6. The third-order valence-electron chi connectivity index (χ3n) is 4.19. The molecule has 0 saturated heterocycles. The van der Waals surface area contributed by atoms with Crippen LogP contribution >= 0.6 is 11.6 Å². The Balaban J connectivity index is 2.01. The van der Waals surface area contributed by atoms with Crippen molar-refractivity contribution in [1.29, 1.82) is 0 Å².